The fraction of sp³-hybridized carbons (Fsp3) is 0.273. The van der Waals surface area contributed by atoms with Crippen LogP contribution in [0, 0.1) is 40.9 Å². The lowest BCUT2D eigenvalue weighted by Gasteiger charge is -2.21. The first-order valence-electron chi connectivity index (χ1n) is 15.4. The molecule has 18 heteroatoms. The summed E-state index contributed by atoms with van der Waals surface area (Å²) < 4.78 is 98.6. The van der Waals surface area contributed by atoms with Gasteiger partial charge in [-0.2, -0.15) is 9.37 Å². The Bertz CT molecular complexity index is 2190. The number of benzene rings is 2. The zero-order chi connectivity index (χ0) is 37.1. The molecule has 11 nitrogen and oxygen atoms in total. The molecule has 0 saturated heterocycles. The van der Waals surface area contributed by atoms with E-state index >= 15 is 0 Å². The number of nitrogens with zero attached hydrogens (tertiary/aromatic N) is 8. The van der Waals surface area contributed by atoms with Gasteiger partial charge in [-0.15, -0.1) is 20.4 Å². The molecule has 0 aliphatic carbocycles. The highest BCUT2D eigenvalue weighted by Crippen LogP contribution is 2.41. The van der Waals surface area contributed by atoms with E-state index < -0.39 is 57.5 Å². The smallest absolute Gasteiger partial charge is 0.225 e. The van der Waals surface area contributed by atoms with Crippen molar-refractivity contribution < 1.29 is 30.7 Å². The van der Waals surface area contributed by atoms with Crippen LogP contribution in [0.15, 0.2) is 36.9 Å². The third-order valence-corrected chi connectivity index (χ3v) is 6.85. The molecule has 6 aromatic rings. The second-order valence-corrected chi connectivity index (χ2v) is 12.0. The topological polar surface area (TPSA) is 139 Å². The van der Waals surface area contributed by atoms with Crippen molar-refractivity contribution in [3.8, 4) is 22.3 Å². The third-order valence-electron chi connectivity index (χ3n) is 6.85. The first-order chi connectivity index (χ1) is 24.2. The Kier molecular flexibility index (Phi) is 10.7. The van der Waals surface area contributed by atoms with Gasteiger partial charge in [-0.25, -0.2) is 41.3 Å². The Balaban J connectivity index is 0.000000199. The average Bonchev–Trinajstić information content (AvgIpc) is 3.02. The van der Waals surface area contributed by atoms with Gasteiger partial charge in [0.1, 0.15) is 64.4 Å². The van der Waals surface area contributed by atoms with Crippen LogP contribution >= 0.6 is 0 Å². The predicted molar refractivity (Wildman–Crippen MR) is 177 cm³/mol. The van der Waals surface area contributed by atoms with Crippen molar-refractivity contribution in [3.63, 3.8) is 0 Å². The fourth-order valence-corrected chi connectivity index (χ4v) is 5.08. The summed E-state index contributed by atoms with van der Waals surface area (Å²) in [7, 11) is 0. The van der Waals surface area contributed by atoms with Crippen LogP contribution in [-0.2, 0) is 0 Å². The summed E-state index contributed by atoms with van der Waals surface area (Å²) in [6.07, 6.45) is 2.33. The fourth-order valence-electron chi connectivity index (χ4n) is 5.08. The Hall–Kier alpha value is -5.81. The average molecular weight is 714 g/mol. The number of halogens is 7. The standard InChI is InChI=1S/C18H19F3N6.C15H11F4N5/c1-8(2)24-15-14(13-11(20)5-10(19)6-12(13)21)17(25-9(3)4)26-18-16(15)22-7-23-27-18;1-6(2)22-12-11(10-8(17)3-7(16)4-9(10)18)14(19)23-15-13(12)20-5-21-24-15/h5-9H,1-4H3,(H2,24,25,26,27);3-6H,1-2H3,(H,22,23,24). The summed E-state index contributed by atoms with van der Waals surface area (Å²) >= 11 is 0. The van der Waals surface area contributed by atoms with Gasteiger partial charge in [0.15, 0.2) is 0 Å². The summed E-state index contributed by atoms with van der Waals surface area (Å²) in [5.41, 5.74) is -0.623. The molecule has 4 aromatic heterocycles. The minimum atomic E-state index is -1.25. The van der Waals surface area contributed by atoms with Crippen LogP contribution in [0.25, 0.3) is 44.6 Å². The lowest BCUT2D eigenvalue weighted by molar-refractivity contribution is 0.542. The lowest BCUT2D eigenvalue weighted by atomic mass is 10.0. The van der Waals surface area contributed by atoms with E-state index in [1.54, 1.807) is 13.8 Å². The molecule has 0 bridgehead atoms. The number of hydrogen-bond acceptors (Lipinski definition) is 11. The van der Waals surface area contributed by atoms with E-state index in [-0.39, 0.29) is 52.0 Å². The number of nitrogens with one attached hydrogen (secondary N) is 3. The number of rotatable bonds is 8. The van der Waals surface area contributed by atoms with E-state index in [2.05, 4.69) is 56.3 Å². The van der Waals surface area contributed by atoms with Gasteiger partial charge in [-0.1, -0.05) is 0 Å². The minimum absolute atomic E-state index is 0.00630. The normalized spacial score (nSPS) is 11.4. The Labute approximate surface area is 286 Å². The summed E-state index contributed by atoms with van der Waals surface area (Å²) in [6, 6.07) is 1.84. The van der Waals surface area contributed by atoms with Crippen LogP contribution in [-0.4, -0.2) is 58.5 Å². The largest absolute Gasteiger partial charge is 0.380 e. The van der Waals surface area contributed by atoms with Gasteiger partial charge >= 0.3 is 0 Å². The molecule has 0 unspecified atom stereocenters. The minimum Gasteiger partial charge on any atom is -0.380 e. The van der Waals surface area contributed by atoms with Crippen LogP contribution in [0.5, 0.6) is 0 Å². The van der Waals surface area contributed by atoms with Crippen LogP contribution in [0.4, 0.5) is 47.9 Å². The van der Waals surface area contributed by atoms with Crippen molar-refractivity contribution >= 4 is 39.5 Å². The summed E-state index contributed by atoms with van der Waals surface area (Å²) in [5, 5.41) is 24.0. The van der Waals surface area contributed by atoms with Crippen molar-refractivity contribution in [1.82, 2.24) is 40.3 Å². The molecule has 0 aliphatic heterocycles. The van der Waals surface area contributed by atoms with E-state index in [9.17, 15) is 30.7 Å². The van der Waals surface area contributed by atoms with E-state index in [0.717, 1.165) is 6.33 Å². The molecule has 0 atom stereocenters. The van der Waals surface area contributed by atoms with Crippen molar-refractivity contribution in [2.75, 3.05) is 16.0 Å². The van der Waals surface area contributed by atoms with Crippen molar-refractivity contribution in [3.05, 3.63) is 77.8 Å². The number of fused-ring (bicyclic) bond motifs is 2. The molecule has 4 heterocycles. The van der Waals surface area contributed by atoms with Gasteiger partial charge in [0.2, 0.25) is 17.2 Å². The maximum absolute atomic E-state index is 14.6. The Morgan fingerprint density at radius 1 is 0.490 bits per heavy atom. The van der Waals surface area contributed by atoms with Crippen LogP contribution in [0.1, 0.15) is 41.5 Å². The number of aromatic nitrogens is 8. The third kappa shape index (κ3) is 7.84. The van der Waals surface area contributed by atoms with E-state index in [0.29, 0.717) is 35.5 Å². The molecule has 0 amide bonds. The monoisotopic (exact) mass is 713 g/mol. The van der Waals surface area contributed by atoms with Gasteiger partial charge in [0.25, 0.3) is 0 Å². The Morgan fingerprint density at radius 2 is 0.882 bits per heavy atom. The molecule has 0 aliphatic rings. The molecule has 266 valence electrons. The molecule has 2 aromatic carbocycles. The quantitative estimate of drug-likeness (QED) is 0.106. The maximum Gasteiger partial charge on any atom is 0.225 e. The zero-order valence-corrected chi connectivity index (χ0v) is 27.9. The highest BCUT2D eigenvalue weighted by molar-refractivity contribution is 6.01. The van der Waals surface area contributed by atoms with Gasteiger partial charge < -0.3 is 16.0 Å². The molecule has 0 fully saturated rings. The maximum atomic E-state index is 14.6. The second-order valence-electron chi connectivity index (χ2n) is 12.0. The highest BCUT2D eigenvalue weighted by Gasteiger charge is 2.27. The molecule has 6 rings (SSSR count). The van der Waals surface area contributed by atoms with Crippen molar-refractivity contribution in [2.24, 2.45) is 0 Å². The predicted octanol–water partition coefficient (Wildman–Crippen LogP) is 7.61. The first kappa shape index (κ1) is 36.5. The molecule has 0 spiro atoms. The Morgan fingerprint density at radius 3 is 1.31 bits per heavy atom. The summed E-state index contributed by atoms with van der Waals surface area (Å²) in [6.45, 7) is 11.0. The zero-order valence-electron chi connectivity index (χ0n) is 27.9. The van der Waals surface area contributed by atoms with Gasteiger partial charge in [0.05, 0.1) is 33.6 Å². The summed E-state index contributed by atoms with van der Waals surface area (Å²) in [4.78, 5) is 16.0. The molecule has 0 radical (unpaired) electrons. The first-order valence-corrected chi connectivity index (χ1v) is 15.4. The van der Waals surface area contributed by atoms with Crippen LogP contribution < -0.4 is 16.0 Å². The van der Waals surface area contributed by atoms with E-state index in [1.807, 2.05) is 27.7 Å². The number of hydrogen-bond donors (Lipinski definition) is 3. The summed E-state index contributed by atoms with van der Waals surface area (Å²) in [5.74, 6) is -7.63. The van der Waals surface area contributed by atoms with Crippen molar-refractivity contribution in [1.29, 1.82) is 0 Å². The molecule has 51 heavy (non-hydrogen) atoms. The molecular formula is C33H30F7N11. The van der Waals surface area contributed by atoms with Crippen LogP contribution in [0.3, 0.4) is 0 Å². The van der Waals surface area contributed by atoms with E-state index in [1.165, 1.54) is 6.33 Å². The molecular weight excluding hydrogens is 683 g/mol. The highest BCUT2D eigenvalue weighted by atomic mass is 19.2. The number of anilines is 3. The second kappa shape index (κ2) is 15.0. The molecule has 0 saturated carbocycles. The van der Waals surface area contributed by atoms with Gasteiger partial charge in [-0.05, 0) is 41.5 Å². The van der Waals surface area contributed by atoms with Gasteiger partial charge in [-0.3, -0.25) is 0 Å². The van der Waals surface area contributed by atoms with Crippen LogP contribution in [0.2, 0.25) is 0 Å². The number of pyridine rings is 2. The molecule has 3 N–H and O–H groups in total. The van der Waals surface area contributed by atoms with Crippen molar-refractivity contribution in [2.45, 2.75) is 59.7 Å². The SMILES string of the molecule is CC(C)Nc1c(-c2c(F)cc(F)cc2F)c(F)nc2nncnc12.CC(C)Nc1nc2nncnc2c(NC(C)C)c1-c1c(F)cc(F)cc1F. The lowest BCUT2D eigenvalue weighted by Crippen LogP contribution is -2.17. The van der Waals surface area contributed by atoms with Gasteiger partial charge in [0, 0.05) is 42.4 Å². The van der Waals surface area contributed by atoms with E-state index in [4.69, 9.17) is 0 Å².